The summed E-state index contributed by atoms with van der Waals surface area (Å²) >= 11 is 6.35. The molecule has 1 aliphatic rings. The molecule has 1 unspecified atom stereocenters. The van der Waals surface area contributed by atoms with Crippen molar-refractivity contribution >= 4 is 52.2 Å². The number of methoxy groups -OCH3 is 2. The number of carboxylic acid groups (broad SMARTS) is 1. The van der Waals surface area contributed by atoms with Crippen molar-refractivity contribution in [3.63, 3.8) is 0 Å². The second-order valence-electron chi connectivity index (χ2n) is 5.78. The van der Waals surface area contributed by atoms with Crippen molar-refractivity contribution in [2.75, 3.05) is 20.8 Å². The molecular formula is C18H20N2O6S2. The first-order valence-electron chi connectivity index (χ1n) is 8.27. The lowest BCUT2D eigenvalue weighted by molar-refractivity contribution is -0.137. The summed E-state index contributed by atoms with van der Waals surface area (Å²) < 4.78 is 10.7. The summed E-state index contributed by atoms with van der Waals surface area (Å²) in [6, 6.07) is 4.38. The second-order valence-corrected chi connectivity index (χ2v) is 7.45. The van der Waals surface area contributed by atoms with Crippen LogP contribution in [-0.2, 0) is 14.4 Å². The summed E-state index contributed by atoms with van der Waals surface area (Å²) in [5.41, 5.74) is 0.719. The van der Waals surface area contributed by atoms with Gasteiger partial charge in [-0.05, 0) is 30.7 Å². The molecule has 0 saturated carbocycles. The topological polar surface area (TPSA) is 105 Å². The predicted octanol–water partition coefficient (Wildman–Crippen LogP) is 1.88. The van der Waals surface area contributed by atoms with Gasteiger partial charge in [0.1, 0.15) is 10.4 Å². The van der Waals surface area contributed by atoms with Gasteiger partial charge in [-0.25, -0.2) is 0 Å². The maximum absolute atomic E-state index is 12.7. The smallest absolute Gasteiger partial charge is 0.305 e. The Morgan fingerprint density at radius 3 is 2.61 bits per heavy atom. The van der Waals surface area contributed by atoms with Gasteiger partial charge in [0, 0.05) is 6.54 Å². The molecule has 1 atom stereocenters. The first-order valence-corrected chi connectivity index (χ1v) is 9.49. The number of benzene rings is 1. The molecule has 0 spiro atoms. The van der Waals surface area contributed by atoms with Crippen molar-refractivity contribution < 1.29 is 29.0 Å². The maximum atomic E-state index is 12.7. The SMILES string of the molecule is COc1ccc(/C=C2\SC(=S)N(C(C)C(=O)NCCC(=O)O)C2=O)cc1OC. The van der Waals surface area contributed by atoms with Crippen LogP contribution in [0.3, 0.4) is 0 Å². The normalized spacial score (nSPS) is 16.2. The van der Waals surface area contributed by atoms with E-state index in [1.54, 1.807) is 31.2 Å². The van der Waals surface area contributed by atoms with Crippen molar-refractivity contribution in [1.29, 1.82) is 0 Å². The van der Waals surface area contributed by atoms with E-state index >= 15 is 0 Å². The Bertz CT molecular complexity index is 839. The molecule has 0 radical (unpaired) electrons. The number of nitrogens with zero attached hydrogens (tertiary/aromatic N) is 1. The Morgan fingerprint density at radius 2 is 2.00 bits per heavy atom. The average molecular weight is 425 g/mol. The van der Waals surface area contributed by atoms with Crippen molar-refractivity contribution in [2.45, 2.75) is 19.4 Å². The zero-order valence-corrected chi connectivity index (χ0v) is 17.2. The van der Waals surface area contributed by atoms with Crippen LogP contribution >= 0.6 is 24.0 Å². The van der Waals surface area contributed by atoms with E-state index in [2.05, 4.69) is 5.32 Å². The first kappa shape index (κ1) is 21.7. The molecule has 150 valence electrons. The van der Waals surface area contributed by atoms with E-state index in [1.165, 1.54) is 19.1 Å². The van der Waals surface area contributed by atoms with Crippen molar-refractivity contribution in [1.82, 2.24) is 10.2 Å². The Labute approximate surface area is 171 Å². The van der Waals surface area contributed by atoms with E-state index in [1.807, 2.05) is 0 Å². The lowest BCUT2D eigenvalue weighted by Crippen LogP contribution is -2.47. The Kier molecular flexibility index (Phi) is 7.41. The van der Waals surface area contributed by atoms with Crippen LogP contribution in [0.25, 0.3) is 6.08 Å². The van der Waals surface area contributed by atoms with Gasteiger partial charge in [-0.1, -0.05) is 30.0 Å². The lowest BCUT2D eigenvalue weighted by atomic mass is 10.1. The van der Waals surface area contributed by atoms with Gasteiger partial charge in [0.05, 0.1) is 25.5 Å². The highest BCUT2D eigenvalue weighted by Gasteiger charge is 2.38. The summed E-state index contributed by atoms with van der Waals surface area (Å²) in [5.74, 6) is -0.774. The molecule has 28 heavy (non-hydrogen) atoms. The molecule has 1 fully saturated rings. The monoisotopic (exact) mass is 424 g/mol. The zero-order chi connectivity index (χ0) is 20.8. The van der Waals surface area contributed by atoms with Gasteiger partial charge in [-0.15, -0.1) is 0 Å². The summed E-state index contributed by atoms with van der Waals surface area (Å²) in [5, 5.41) is 11.1. The standard InChI is InChI=1S/C18H20N2O6S2/c1-10(16(23)19-7-6-15(21)22)20-17(24)14(28-18(20)27)9-11-4-5-12(25-2)13(8-11)26-3/h4-5,8-10H,6-7H2,1-3H3,(H,19,23)(H,21,22)/b14-9-. The highest BCUT2D eigenvalue weighted by Crippen LogP contribution is 2.35. The van der Waals surface area contributed by atoms with Crippen LogP contribution in [0, 0.1) is 0 Å². The number of carboxylic acids is 1. The van der Waals surface area contributed by atoms with Crippen LogP contribution in [0.2, 0.25) is 0 Å². The van der Waals surface area contributed by atoms with Crippen LogP contribution in [0.4, 0.5) is 0 Å². The van der Waals surface area contributed by atoms with Gasteiger partial charge >= 0.3 is 5.97 Å². The maximum Gasteiger partial charge on any atom is 0.305 e. The van der Waals surface area contributed by atoms with E-state index in [9.17, 15) is 14.4 Å². The summed E-state index contributed by atoms with van der Waals surface area (Å²) in [4.78, 5) is 37.1. The number of rotatable bonds is 8. The number of nitrogens with one attached hydrogen (secondary N) is 1. The molecule has 2 N–H and O–H groups in total. The molecule has 1 aromatic carbocycles. The third kappa shape index (κ3) is 5.02. The minimum atomic E-state index is -1.02. The van der Waals surface area contributed by atoms with Gasteiger partial charge < -0.3 is 19.9 Å². The van der Waals surface area contributed by atoms with Crippen molar-refractivity contribution in [3.8, 4) is 11.5 Å². The summed E-state index contributed by atoms with van der Waals surface area (Å²) in [7, 11) is 3.05. The average Bonchev–Trinajstić information content (AvgIpc) is 2.93. The third-order valence-corrected chi connectivity index (χ3v) is 5.26. The Hall–Kier alpha value is -2.59. The van der Waals surface area contributed by atoms with Crippen LogP contribution < -0.4 is 14.8 Å². The Morgan fingerprint density at radius 1 is 1.32 bits per heavy atom. The highest BCUT2D eigenvalue weighted by molar-refractivity contribution is 8.26. The third-order valence-electron chi connectivity index (χ3n) is 3.93. The number of thioether (sulfide) groups is 1. The number of amides is 2. The molecule has 1 aromatic rings. The number of thiocarbonyl (C=S) groups is 1. The molecule has 0 aromatic heterocycles. The van der Waals surface area contributed by atoms with Gasteiger partial charge in [0.25, 0.3) is 5.91 Å². The molecule has 0 bridgehead atoms. The van der Waals surface area contributed by atoms with Crippen molar-refractivity contribution in [3.05, 3.63) is 28.7 Å². The fourth-order valence-electron chi connectivity index (χ4n) is 2.47. The van der Waals surface area contributed by atoms with Crippen LogP contribution in [0.5, 0.6) is 11.5 Å². The number of carbonyl (C=O) groups excluding carboxylic acids is 2. The highest BCUT2D eigenvalue weighted by atomic mass is 32.2. The number of carbonyl (C=O) groups is 3. The van der Waals surface area contributed by atoms with Crippen molar-refractivity contribution in [2.24, 2.45) is 0 Å². The molecule has 1 aliphatic heterocycles. The van der Waals surface area contributed by atoms with Gasteiger partial charge in [0.15, 0.2) is 11.5 Å². The largest absolute Gasteiger partial charge is 0.493 e. The Balaban J connectivity index is 2.15. The van der Waals surface area contributed by atoms with E-state index in [-0.39, 0.29) is 23.2 Å². The van der Waals surface area contributed by atoms with Crippen LogP contribution in [0.15, 0.2) is 23.1 Å². The molecule has 2 rings (SSSR count). The molecule has 10 heteroatoms. The van der Waals surface area contributed by atoms with E-state index in [4.69, 9.17) is 26.8 Å². The number of hydrogen-bond donors (Lipinski definition) is 2. The molecule has 8 nitrogen and oxygen atoms in total. The molecule has 0 aliphatic carbocycles. The predicted molar refractivity (Wildman–Crippen MR) is 109 cm³/mol. The van der Waals surface area contributed by atoms with Crippen LogP contribution in [0.1, 0.15) is 18.9 Å². The van der Waals surface area contributed by atoms with Gasteiger partial charge in [-0.3, -0.25) is 19.3 Å². The summed E-state index contributed by atoms with van der Waals surface area (Å²) in [6.07, 6.45) is 1.46. The van der Waals surface area contributed by atoms with E-state index < -0.39 is 17.9 Å². The zero-order valence-electron chi connectivity index (χ0n) is 15.6. The van der Waals surface area contributed by atoms with Gasteiger partial charge in [0.2, 0.25) is 5.91 Å². The molecule has 2 amide bonds. The quantitative estimate of drug-likeness (QED) is 0.481. The van der Waals surface area contributed by atoms with E-state index in [0.717, 1.165) is 17.3 Å². The second kappa shape index (κ2) is 9.56. The van der Waals surface area contributed by atoms with E-state index in [0.29, 0.717) is 16.4 Å². The first-order chi connectivity index (χ1) is 13.3. The minimum absolute atomic E-state index is 0.0191. The summed E-state index contributed by atoms with van der Waals surface area (Å²) in [6.45, 7) is 1.52. The van der Waals surface area contributed by atoms with Gasteiger partial charge in [-0.2, -0.15) is 0 Å². The van der Waals surface area contributed by atoms with Crippen LogP contribution in [-0.4, -0.2) is 58.9 Å². The molecular weight excluding hydrogens is 404 g/mol. The lowest BCUT2D eigenvalue weighted by Gasteiger charge is -2.22. The fourth-order valence-corrected chi connectivity index (χ4v) is 3.88. The number of hydrogen-bond acceptors (Lipinski definition) is 7. The minimum Gasteiger partial charge on any atom is -0.493 e. The fraction of sp³-hybridized carbons (Fsp3) is 0.333. The molecule has 1 heterocycles. The molecule has 1 saturated heterocycles. The number of ether oxygens (including phenoxy) is 2. The number of aliphatic carboxylic acids is 1.